The quantitative estimate of drug-likeness (QED) is 0.625. The molecule has 3 heterocycles. The summed E-state index contributed by atoms with van der Waals surface area (Å²) >= 11 is 6.06. The van der Waals surface area contributed by atoms with Crippen molar-refractivity contribution in [2.75, 3.05) is 25.5 Å². The van der Waals surface area contributed by atoms with Crippen LogP contribution in [0.25, 0.3) is 10.9 Å². The van der Waals surface area contributed by atoms with Gasteiger partial charge in [-0.05, 0) is 37.5 Å². The molecule has 3 aromatic rings. The van der Waals surface area contributed by atoms with Gasteiger partial charge < -0.3 is 19.5 Å². The maximum atomic E-state index is 13.1. The van der Waals surface area contributed by atoms with Crippen LogP contribution < -0.4 is 10.1 Å². The van der Waals surface area contributed by atoms with Crippen molar-refractivity contribution in [2.24, 2.45) is 7.05 Å². The molecule has 29 heavy (non-hydrogen) atoms. The number of ether oxygens (including phenoxy) is 1. The van der Waals surface area contributed by atoms with Crippen molar-refractivity contribution in [2.45, 2.75) is 19.3 Å². The van der Waals surface area contributed by atoms with Crippen molar-refractivity contribution in [1.29, 1.82) is 0 Å². The molecule has 1 aliphatic rings. The van der Waals surface area contributed by atoms with Gasteiger partial charge in [-0.1, -0.05) is 11.6 Å². The topological polar surface area (TPSA) is 59.4 Å². The molecule has 1 N–H and O–H groups in total. The van der Waals surface area contributed by atoms with Gasteiger partial charge in [-0.15, -0.1) is 12.4 Å². The number of pyridine rings is 1. The second-order valence-electron chi connectivity index (χ2n) is 7.03. The molecule has 2 aromatic heterocycles. The highest BCUT2D eigenvalue weighted by Crippen LogP contribution is 2.33. The van der Waals surface area contributed by atoms with Gasteiger partial charge >= 0.3 is 0 Å². The minimum Gasteiger partial charge on any atom is -0.495 e. The van der Waals surface area contributed by atoms with Crippen LogP contribution in [0.15, 0.2) is 36.7 Å². The van der Waals surface area contributed by atoms with Crippen LogP contribution in [0.1, 0.15) is 29.6 Å². The van der Waals surface area contributed by atoms with E-state index in [9.17, 15) is 4.79 Å². The number of likely N-dealkylation sites (tertiary alicyclic amines) is 1. The van der Waals surface area contributed by atoms with Crippen LogP contribution in [0.2, 0.25) is 5.02 Å². The van der Waals surface area contributed by atoms with Crippen molar-refractivity contribution in [1.82, 2.24) is 14.5 Å². The van der Waals surface area contributed by atoms with E-state index in [1.165, 1.54) is 6.42 Å². The Bertz CT molecular complexity index is 1030. The number of nitrogens with zero attached hydrogens (tertiary/aromatic N) is 3. The highest BCUT2D eigenvalue weighted by atomic mass is 35.5. The Labute approximate surface area is 181 Å². The molecule has 0 saturated carbocycles. The van der Waals surface area contributed by atoms with E-state index in [1.54, 1.807) is 25.4 Å². The molecule has 1 saturated heterocycles. The second-order valence-corrected chi connectivity index (χ2v) is 7.47. The normalized spacial score (nSPS) is 13.8. The van der Waals surface area contributed by atoms with Crippen LogP contribution in [0, 0.1) is 0 Å². The van der Waals surface area contributed by atoms with E-state index >= 15 is 0 Å². The van der Waals surface area contributed by atoms with Crippen LogP contribution >= 0.6 is 24.0 Å². The number of anilines is 2. The molecule has 0 bridgehead atoms. The molecule has 1 amide bonds. The molecule has 0 aliphatic carbocycles. The predicted molar refractivity (Wildman–Crippen MR) is 119 cm³/mol. The maximum absolute atomic E-state index is 13.1. The number of aryl methyl sites for hydroxylation is 1. The van der Waals surface area contributed by atoms with Gasteiger partial charge in [-0.25, -0.2) is 4.98 Å². The molecule has 154 valence electrons. The number of methoxy groups -OCH3 is 1. The number of hydrogen-bond acceptors (Lipinski definition) is 4. The van der Waals surface area contributed by atoms with Gasteiger partial charge in [-0.3, -0.25) is 4.79 Å². The van der Waals surface area contributed by atoms with Crippen LogP contribution in [-0.4, -0.2) is 40.6 Å². The van der Waals surface area contributed by atoms with E-state index in [2.05, 4.69) is 10.3 Å². The van der Waals surface area contributed by atoms with Gasteiger partial charge in [0, 0.05) is 49.0 Å². The third-order valence-electron chi connectivity index (χ3n) is 5.20. The minimum atomic E-state index is 0. The number of carbonyl (C=O) groups is 1. The van der Waals surface area contributed by atoms with E-state index in [0.717, 1.165) is 42.5 Å². The highest BCUT2D eigenvalue weighted by Gasteiger charge is 2.23. The van der Waals surface area contributed by atoms with Crippen molar-refractivity contribution >= 4 is 52.3 Å². The minimum absolute atomic E-state index is 0. The van der Waals surface area contributed by atoms with E-state index in [1.807, 2.05) is 34.8 Å². The third-order valence-corrected chi connectivity index (χ3v) is 5.43. The molecule has 8 heteroatoms. The Kier molecular flexibility index (Phi) is 6.55. The maximum Gasteiger partial charge on any atom is 0.257 e. The van der Waals surface area contributed by atoms with Crippen LogP contribution in [0.3, 0.4) is 0 Å². The first kappa shape index (κ1) is 21.3. The first-order valence-corrected chi connectivity index (χ1v) is 9.80. The zero-order valence-corrected chi connectivity index (χ0v) is 18.0. The number of aromatic nitrogens is 2. The van der Waals surface area contributed by atoms with Crippen LogP contribution in [0.4, 0.5) is 11.5 Å². The van der Waals surface area contributed by atoms with Crippen molar-refractivity contribution in [3.8, 4) is 5.75 Å². The molecule has 4 rings (SSSR count). The average Bonchev–Trinajstić information content (AvgIpc) is 3.12. The number of amides is 1. The Hall–Kier alpha value is -2.44. The van der Waals surface area contributed by atoms with Crippen LogP contribution in [0.5, 0.6) is 5.75 Å². The summed E-state index contributed by atoms with van der Waals surface area (Å²) in [5.41, 5.74) is 2.28. The predicted octanol–water partition coefficient (Wildman–Crippen LogP) is 5.03. The first-order chi connectivity index (χ1) is 13.6. The van der Waals surface area contributed by atoms with Gasteiger partial charge in [0.05, 0.1) is 23.9 Å². The SMILES string of the molecule is COc1cc(Cl)ccc1Nc1ncc(C(=O)N2CCCCC2)c2c1ccn2C.Cl. The zero-order chi connectivity index (χ0) is 19.7. The Morgan fingerprint density at radius 2 is 1.97 bits per heavy atom. The third kappa shape index (κ3) is 4.14. The summed E-state index contributed by atoms with van der Waals surface area (Å²) in [5.74, 6) is 1.35. The molecule has 0 spiro atoms. The Morgan fingerprint density at radius 1 is 1.21 bits per heavy atom. The summed E-state index contributed by atoms with van der Waals surface area (Å²) < 4.78 is 7.39. The van der Waals surface area contributed by atoms with Crippen molar-refractivity contribution < 1.29 is 9.53 Å². The highest BCUT2D eigenvalue weighted by molar-refractivity contribution is 6.30. The number of halogens is 2. The summed E-state index contributed by atoms with van der Waals surface area (Å²) in [4.78, 5) is 19.6. The lowest BCUT2D eigenvalue weighted by molar-refractivity contribution is 0.0725. The summed E-state index contributed by atoms with van der Waals surface area (Å²) in [6, 6.07) is 7.37. The molecule has 1 aliphatic heterocycles. The van der Waals surface area contributed by atoms with Crippen LogP contribution in [-0.2, 0) is 7.05 Å². The number of carbonyl (C=O) groups excluding carboxylic acids is 1. The van der Waals surface area contributed by atoms with E-state index in [-0.39, 0.29) is 18.3 Å². The molecule has 6 nitrogen and oxygen atoms in total. The number of rotatable bonds is 4. The van der Waals surface area contributed by atoms with Crippen molar-refractivity contribution in [3.05, 3.63) is 47.2 Å². The zero-order valence-electron chi connectivity index (χ0n) is 16.4. The average molecular weight is 435 g/mol. The van der Waals surface area contributed by atoms with Crippen molar-refractivity contribution in [3.63, 3.8) is 0 Å². The fraction of sp³-hybridized carbons (Fsp3) is 0.333. The van der Waals surface area contributed by atoms with Gasteiger partial charge in [-0.2, -0.15) is 0 Å². The molecule has 1 aromatic carbocycles. The monoisotopic (exact) mass is 434 g/mol. The smallest absolute Gasteiger partial charge is 0.257 e. The Morgan fingerprint density at radius 3 is 2.69 bits per heavy atom. The number of fused-ring (bicyclic) bond motifs is 1. The largest absolute Gasteiger partial charge is 0.495 e. The van der Waals surface area contributed by atoms with Gasteiger partial charge in [0.2, 0.25) is 0 Å². The molecule has 0 atom stereocenters. The lowest BCUT2D eigenvalue weighted by atomic mass is 10.1. The van der Waals surface area contributed by atoms with E-state index in [4.69, 9.17) is 16.3 Å². The van der Waals surface area contributed by atoms with E-state index < -0.39 is 0 Å². The number of nitrogens with one attached hydrogen (secondary N) is 1. The molecular weight excluding hydrogens is 411 g/mol. The summed E-state index contributed by atoms with van der Waals surface area (Å²) in [6.07, 6.45) is 6.93. The second kappa shape index (κ2) is 8.93. The fourth-order valence-electron chi connectivity index (χ4n) is 3.74. The summed E-state index contributed by atoms with van der Waals surface area (Å²) in [5, 5.41) is 4.81. The first-order valence-electron chi connectivity index (χ1n) is 9.42. The van der Waals surface area contributed by atoms with Gasteiger partial charge in [0.1, 0.15) is 11.6 Å². The fourth-order valence-corrected chi connectivity index (χ4v) is 3.90. The molecule has 0 radical (unpaired) electrons. The lowest BCUT2D eigenvalue weighted by Gasteiger charge is -2.27. The van der Waals surface area contributed by atoms with Gasteiger partial charge in [0.15, 0.2) is 0 Å². The Balaban J connectivity index is 0.00000240. The summed E-state index contributed by atoms with van der Waals surface area (Å²) in [7, 11) is 3.55. The van der Waals surface area contributed by atoms with Gasteiger partial charge in [0.25, 0.3) is 5.91 Å². The molecule has 1 fully saturated rings. The standard InChI is InChI=1S/C21H23ClN4O2.ClH/c1-25-11-8-15-19(25)16(21(27)26-9-4-3-5-10-26)13-23-20(15)24-17-7-6-14(22)12-18(17)28-2;/h6-8,11-13H,3-5,9-10H2,1-2H3,(H,23,24);1H. The molecular formula is C21H24Cl2N4O2. The van der Waals surface area contributed by atoms with E-state index in [0.29, 0.717) is 22.2 Å². The molecule has 0 unspecified atom stereocenters. The summed E-state index contributed by atoms with van der Waals surface area (Å²) in [6.45, 7) is 1.62. The number of piperidine rings is 1. The number of hydrogen-bond donors (Lipinski definition) is 1. The number of benzene rings is 1. The lowest BCUT2D eigenvalue weighted by Crippen LogP contribution is -2.35.